The molecule has 2 aromatic carbocycles. The van der Waals surface area contributed by atoms with Gasteiger partial charge in [0, 0.05) is 5.02 Å². The number of hydrogen-bond acceptors (Lipinski definition) is 3. The minimum atomic E-state index is -0.510. The van der Waals surface area contributed by atoms with Gasteiger partial charge in [0.05, 0.1) is 16.3 Å². The van der Waals surface area contributed by atoms with Gasteiger partial charge in [-0.1, -0.05) is 30.7 Å². The van der Waals surface area contributed by atoms with Gasteiger partial charge in [0.25, 0.3) is 5.91 Å². The van der Waals surface area contributed by atoms with E-state index in [2.05, 4.69) is 28.2 Å². The van der Waals surface area contributed by atoms with Crippen molar-refractivity contribution in [1.29, 1.82) is 0 Å². The van der Waals surface area contributed by atoms with Gasteiger partial charge in [-0.25, -0.2) is 9.69 Å². The number of nitrogens with one attached hydrogen (secondary N) is 1. The van der Waals surface area contributed by atoms with Crippen LogP contribution in [0.4, 0.5) is 10.5 Å². The molecule has 2 aromatic rings. The standard InChI is InChI=1S/C20H18BrClN2O3/c1-3-12(2)27-18-8-7-13(9-16(18)21)10-17-19(25)24(20(26)23-17)15-6-4-5-14(22)11-15/h4-12H,3H2,1-2H3,(H,23,26)/b17-10+/t12-/m0/s1. The Morgan fingerprint density at radius 1 is 1.26 bits per heavy atom. The molecule has 140 valence electrons. The van der Waals surface area contributed by atoms with Crippen molar-refractivity contribution in [3.05, 3.63) is 63.2 Å². The van der Waals surface area contributed by atoms with Gasteiger partial charge < -0.3 is 10.1 Å². The Labute approximate surface area is 171 Å². The first-order chi connectivity index (χ1) is 12.9. The third-order valence-corrected chi connectivity index (χ3v) is 4.97. The summed E-state index contributed by atoms with van der Waals surface area (Å²) in [6, 6.07) is 11.6. The summed E-state index contributed by atoms with van der Waals surface area (Å²) < 4.78 is 6.60. The summed E-state index contributed by atoms with van der Waals surface area (Å²) in [6.45, 7) is 4.05. The van der Waals surface area contributed by atoms with Crippen molar-refractivity contribution in [1.82, 2.24) is 5.32 Å². The number of amides is 3. The Balaban J connectivity index is 1.84. The lowest BCUT2D eigenvalue weighted by Crippen LogP contribution is -2.30. The van der Waals surface area contributed by atoms with Crippen molar-refractivity contribution in [3.8, 4) is 5.75 Å². The van der Waals surface area contributed by atoms with Gasteiger partial charge in [-0.3, -0.25) is 4.79 Å². The van der Waals surface area contributed by atoms with Gasteiger partial charge in [-0.2, -0.15) is 0 Å². The monoisotopic (exact) mass is 448 g/mol. The molecule has 1 atom stereocenters. The van der Waals surface area contributed by atoms with Gasteiger partial charge in [-0.05, 0) is 71.2 Å². The van der Waals surface area contributed by atoms with Crippen molar-refractivity contribution in [2.45, 2.75) is 26.4 Å². The Bertz CT molecular complexity index is 929. The van der Waals surface area contributed by atoms with E-state index < -0.39 is 11.9 Å². The number of ether oxygens (including phenoxy) is 1. The second kappa shape index (κ2) is 8.15. The van der Waals surface area contributed by atoms with E-state index in [1.807, 2.05) is 25.1 Å². The molecule has 0 spiro atoms. The number of carbonyl (C=O) groups is 2. The van der Waals surface area contributed by atoms with Crippen molar-refractivity contribution < 1.29 is 14.3 Å². The number of rotatable bonds is 5. The predicted molar refractivity (Wildman–Crippen MR) is 110 cm³/mol. The maximum Gasteiger partial charge on any atom is 0.333 e. The second-order valence-electron chi connectivity index (χ2n) is 6.14. The number of imide groups is 1. The van der Waals surface area contributed by atoms with Crippen LogP contribution < -0.4 is 15.0 Å². The topological polar surface area (TPSA) is 58.6 Å². The van der Waals surface area contributed by atoms with Crippen LogP contribution in [-0.2, 0) is 4.79 Å². The number of halogens is 2. The molecule has 1 aliphatic heterocycles. The summed E-state index contributed by atoms with van der Waals surface area (Å²) in [5.74, 6) is 0.298. The fraction of sp³-hybridized carbons (Fsp3) is 0.200. The van der Waals surface area contributed by atoms with Crippen LogP contribution in [0.3, 0.4) is 0 Å². The predicted octanol–water partition coefficient (Wildman–Crippen LogP) is 5.38. The summed E-state index contributed by atoms with van der Waals surface area (Å²) in [4.78, 5) is 26.0. The van der Waals surface area contributed by atoms with E-state index >= 15 is 0 Å². The van der Waals surface area contributed by atoms with Gasteiger partial charge in [0.1, 0.15) is 11.4 Å². The zero-order valence-corrected chi connectivity index (χ0v) is 17.2. The Morgan fingerprint density at radius 2 is 2.04 bits per heavy atom. The molecule has 1 aliphatic rings. The molecule has 5 nitrogen and oxygen atoms in total. The Morgan fingerprint density at radius 3 is 2.70 bits per heavy atom. The second-order valence-corrected chi connectivity index (χ2v) is 7.43. The average Bonchev–Trinajstić information content (AvgIpc) is 2.90. The lowest BCUT2D eigenvalue weighted by atomic mass is 10.1. The Hall–Kier alpha value is -2.31. The highest BCUT2D eigenvalue weighted by molar-refractivity contribution is 9.10. The molecular formula is C20H18BrClN2O3. The largest absolute Gasteiger partial charge is 0.490 e. The highest BCUT2D eigenvalue weighted by atomic mass is 79.9. The van der Waals surface area contributed by atoms with E-state index in [0.29, 0.717) is 10.7 Å². The fourth-order valence-corrected chi connectivity index (χ4v) is 3.23. The van der Waals surface area contributed by atoms with E-state index in [0.717, 1.165) is 27.1 Å². The van der Waals surface area contributed by atoms with Crippen LogP contribution >= 0.6 is 27.5 Å². The molecule has 0 aliphatic carbocycles. The molecule has 0 bridgehead atoms. The van der Waals surface area contributed by atoms with Gasteiger partial charge in [-0.15, -0.1) is 0 Å². The van der Waals surface area contributed by atoms with Gasteiger partial charge in [0.2, 0.25) is 0 Å². The lowest BCUT2D eigenvalue weighted by Gasteiger charge is -2.14. The number of carbonyl (C=O) groups excluding carboxylic acids is 2. The SMILES string of the molecule is CC[C@H](C)Oc1ccc(/C=C2/NC(=O)N(c3cccc(Cl)c3)C2=O)cc1Br. The third-order valence-electron chi connectivity index (χ3n) is 4.11. The first-order valence-corrected chi connectivity index (χ1v) is 9.65. The maximum absolute atomic E-state index is 12.7. The van der Waals surface area contributed by atoms with E-state index in [-0.39, 0.29) is 11.8 Å². The van der Waals surface area contributed by atoms with Crippen LogP contribution in [0.1, 0.15) is 25.8 Å². The van der Waals surface area contributed by atoms with Crippen LogP contribution in [0.2, 0.25) is 5.02 Å². The number of nitrogens with zero attached hydrogens (tertiary/aromatic N) is 1. The normalized spacial score (nSPS) is 16.6. The minimum Gasteiger partial charge on any atom is -0.490 e. The lowest BCUT2D eigenvalue weighted by molar-refractivity contribution is -0.113. The van der Waals surface area contributed by atoms with Gasteiger partial charge >= 0.3 is 6.03 Å². The smallest absolute Gasteiger partial charge is 0.333 e. The molecule has 0 aromatic heterocycles. The zero-order chi connectivity index (χ0) is 19.6. The Kier molecular flexibility index (Phi) is 5.87. The molecule has 1 fully saturated rings. The summed E-state index contributed by atoms with van der Waals surface area (Å²) in [7, 11) is 0. The highest BCUT2D eigenvalue weighted by Crippen LogP contribution is 2.29. The van der Waals surface area contributed by atoms with Crippen LogP contribution in [0.25, 0.3) is 6.08 Å². The van der Waals surface area contributed by atoms with Crippen molar-refractivity contribution in [2.24, 2.45) is 0 Å². The van der Waals surface area contributed by atoms with E-state index in [1.165, 1.54) is 0 Å². The first kappa shape index (κ1) is 19.5. The number of benzene rings is 2. The molecule has 0 unspecified atom stereocenters. The number of urea groups is 1. The molecule has 3 rings (SSSR count). The van der Waals surface area contributed by atoms with Crippen LogP contribution in [0.15, 0.2) is 52.6 Å². The van der Waals surface area contributed by atoms with Gasteiger partial charge in [0.15, 0.2) is 0 Å². The summed E-state index contributed by atoms with van der Waals surface area (Å²) >= 11 is 9.45. The molecule has 1 heterocycles. The molecule has 27 heavy (non-hydrogen) atoms. The van der Waals surface area contributed by atoms with Crippen molar-refractivity contribution >= 4 is 51.2 Å². The van der Waals surface area contributed by atoms with E-state index in [4.69, 9.17) is 16.3 Å². The summed E-state index contributed by atoms with van der Waals surface area (Å²) in [5, 5.41) is 3.05. The molecule has 1 N–H and O–H groups in total. The maximum atomic E-state index is 12.7. The molecule has 1 saturated heterocycles. The van der Waals surface area contributed by atoms with Crippen molar-refractivity contribution in [3.63, 3.8) is 0 Å². The molecule has 0 saturated carbocycles. The van der Waals surface area contributed by atoms with E-state index in [1.54, 1.807) is 30.3 Å². The zero-order valence-electron chi connectivity index (χ0n) is 14.8. The van der Waals surface area contributed by atoms with Crippen molar-refractivity contribution in [2.75, 3.05) is 4.90 Å². The molecular weight excluding hydrogens is 432 g/mol. The fourth-order valence-electron chi connectivity index (χ4n) is 2.55. The first-order valence-electron chi connectivity index (χ1n) is 8.48. The third kappa shape index (κ3) is 4.34. The minimum absolute atomic E-state index is 0.104. The van der Waals surface area contributed by atoms with Crippen LogP contribution in [0.5, 0.6) is 5.75 Å². The van der Waals surface area contributed by atoms with E-state index in [9.17, 15) is 9.59 Å². The summed E-state index contributed by atoms with van der Waals surface area (Å²) in [6.07, 6.45) is 2.63. The molecule has 0 radical (unpaired) electrons. The summed E-state index contributed by atoms with van der Waals surface area (Å²) in [5.41, 5.74) is 1.38. The number of hydrogen-bond donors (Lipinski definition) is 1. The highest BCUT2D eigenvalue weighted by Gasteiger charge is 2.34. The van der Waals surface area contributed by atoms with Crippen LogP contribution in [0, 0.1) is 0 Å². The quantitative estimate of drug-likeness (QED) is 0.493. The average molecular weight is 450 g/mol. The number of anilines is 1. The molecule has 7 heteroatoms. The van der Waals surface area contributed by atoms with Crippen LogP contribution in [-0.4, -0.2) is 18.0 Å². The molecule has 3 amide bonds.